The quantitative estimate of drug-likeness (QED) is 0.0429. The van der Waals surface area contributed by atoms with Gasteiger partial charge < -0.3 is 14.6 Å². The molecule has 48 heavy (non-hydrogen) atoms. The SMILES string of the molecule is CC/C=C\C/C=C\C/C=C\C/C=C\CCCCCCC(=O)O[C@@H](CO)COC(=O)CCCCCC/C=C\C/C=C\C/C=C\CCCCC. The van der Waals surface area contributed by atoms with E-state index in [4.69, 9.17) is 9.47 Å². The lowest BCUT2D eigenvalue weighted by Gasteiger charge is -2.15. The zero-order chi connectivity index (χ0) is 35.0. The van der Waals surface area contributed by atoms with Crippen molar-refractivity contribution < 1.29 is 24.2 Å². The number of hydrogen-bond donors (Lipinski definition) is 1. The van der Waals surface area contributed by atoms with E-state index in [1.165, 1.54) is 25.7 Å². The molecule has 1 atom stereocenters. The van der Waals surface area contributed by atoms with Gasteiger partial charge in [-0.2, -0.15) is 0 Å². The number of aliphatic hydroxyl groups is 1. The van der Waals surface area contributed by atoms with Gasteiger partial charge in [0.1, 0.15) is 6.61 Å². The van der Waals surface area contributed by atoms with Crippen LogP contribution in [0.3, 0.4) is 0 Å². The summed E-state index contributed by atoms with van der Waals surface area (Å²) in [5.74, 6) is -0.653. The average molecular weight is 667 g/mol. The van der Waals surface area contributed by atoms with Crippen molar-refractivity contribution in [2.24, 2.45) is 0 Å². The molecule has 0 aliphatic rings. The minimum Gasteiger partial charge on any atom is -0.462 e. The molecule has 5 nitrogen and oxygen atoms in total. The standard InChI is InChI=1S/C43H70O5/c1-3-5-7-9-11-13-15-17-19-21-23-25-27-29-31-33-35-37-42(45)47-40-41(39-44)48-43(46)38-36-34-32-30-28-26-24-22-20-18-16-14-12-10-8-6-4-2/h6,8,11-14,17-20,23-26,41,44H,3-5,7,9-10,15-16,21-22,27-40H2,1-2H3/b8-6-,13-11-,14-12-,19-17-,20-18-,25-23-,26-24-/t41-/m0/s1. The third kappa shape index (κ3) is 35.9. The molecule has 0 aliphatic heterocycles. The molecule has 0 rings (SSSR count). The Morgan fingerprint density at radius 1 is 0.500 bits per heavy atom. The van der Waals surface area contributed by atoms with Crippen LogP contribution in [0.25, 0.3) is 0 Å². The van der Waals surface area contributed by atoms with Gasteiger partial charge in [0.05, 0.1) is 6.61 Å². The van der Waals surface area contributed by atoms with Gasteiger partial charge in [-0.3, -0.25) is 9.59 Å². The van der Waals surface area contributed by atoms with Gasteiger partial charge in [-0.05, 0) is 89.9 Å². The number of unbranched alkanes of at least 4 members (excludes halogenated alkanes) is 11. The Morgan fingerprint density at radius 3 is 1.33 bits per heavy atom. The van der Waals surface area contributed by atoms with Crippen LogP contribution < -0.4 is 0 Å². The number of carbonyl (C=O) groups excluding carboxylic acids is 2. The van der Waals surface area contributed by atoms with Crippen molar-refractivity contribution in [1.29, 1.82) is 0 Å². The third-order valence-electron chi connectivity index (χ3n) is 7.67. The summed E-state index contributed by atoms with van der Waals surface area (Å²) in [5.41, 5.74) is 0. The predicted octanol–water partition coefficient (Wildman–Crippen LogP) is 11.9. The predicted molar refractivity (Wildman–Crippen MR) is 205 cm³/mol. The smallest absolute Gasteiger partial charge is 0.306 e. The summed E-state index contributed by atoms with van der Waals surface area (Å²) < 4.78 is 10.6. The molecule has 0 aromatic rings. The van der Waals surface area contributed by atoms with E-state index in [1.54, 1.807) is 0 Å². The zero-order valence-corrected chi connectivity index (χ0v) is 30.7. The summed E-state index contributed by atoms with van der Waals surface area (Å²) in [6.45, 7) is 3.93. The molecule has 5 heteroatoms. The molecule has 272 valence electrons. The first-order valence-corrected chi connectivity index (χ1v) is 19.1. The third-order valence-corrected chi connectivity index (χ3v) is 7.67. The summed E-state index contributed by atoms with van der Waals surface area (Å²) >= 11 is 0. The highest BCUT2D eigenvalue weighted by molar-refractivity contribution is 5.70. The van der Waals surface area contributed by atoms with Crippen LogP contribution in [-0.4, -0.2) is 36.4 Å². The van der Waals surface area contributed by atoms with Crippen molar-refractivity contribution in [3.63, 3.8) is 0 Å². The maximum Gasteiger partial charge on any atom is 0.306 e. The number of allylic oxidation sites excluding steroid dienone is 14. The molecule has 0 radical (unpaired) electrons. The van der Waals surface area contributed by atoms with Crippen molar-refractivity contribution in [2.45, 2.75) is 161 Å². The molecule has 0 spiro atoms. The fourth-order valence-electron chi connectivity index (χ4n) is 4.78. The summed E-state index contributed by atoms with van der Waals surface area (Å²) in [7, 11) is 0. The minimum atomic E-state index is -0.798. The van der Waals surface area contributed by atoms with E-state index in [-0.39, 0.29) is 25.2 Å². The maximum absolute atomic E-state index is 12.2. The highest BCUT2D eigenvalue weighted by Crippen LogP contribution is 2.10. The molecule has 0 heterocycles. The first kappa shape index (κ1) is 45.1. The van der Waals surface area contributed by atoms with E-state index < -0.39 is 6.10 Å². The van der Waals surface area contributed by atoms with Gasteiger partial charge >= 0.3 is 11.9 Å². The molecule has 0 fully saturated rings. The summed E-state index contributed by atoms with van der Waals surface area (Å²) in [4.78, 5) is 24.2. The summed E-state index contributed by atoms with van der Waals surface area (Å²) in [6.07, 6.45) is 52.0. The monoisotopic (exact) mass is 667 g/mol. The second-order valence-corrected chi connectivity index (χ2v) is 12.3. The zero-order valence-electron chi connectivity index (χ0n) is 30.7. The first-order valence-electron chi connectivity index (χ1n) is 19.1. The number of carbonyl (C=O) groups is 2. The van der Waals surface area contributed by atoms with Crippen LogP contribution in [0.15, 0.2) is 85.1 Å². The molecule has 0 aromatic heterocycles. The number of aliphatic hydroxyl groups excluding tert-OH is 1. The minimum absolute atomic E-state index is 0.0928. The molecule has 0 aromatic carbocycles. The largest absolute Gasteiger partial charge is 0.462 e. The van der Waals surface area contributed by atoms with Crippen molar-refractivity contribution in [2.75, 3.05) is 13.2 Å². The Hall–Kier alpha value is -2.92. The molecular weight excluding hydrogens is 596 g/mol. The Labute approximate surface area is 295 Å². The molecule has 0 saturated heterocycles. The van der Waals surface area contributed by atoms with Crippen LogP contribution in [0.5, 0.6) is 0 Å². The van der Waals surface area contributed by atoms with Crippen LogP contribution in [0, 0.1) is 0 Å². The lowest BCUT2D eigenvalue weighted by Crippen LogP contribution is -2.28. The van der Waals surface area contributed by atoms with E-state index in [1.807, 2.05) is 0 Å². The lowest BCUT2D eigenvalue weighted by molar-refractivity contribution is -0.161. The van der Waals surface area contributed by atoms with E-state index in [2.05, 4.69) is 98.9 Å². The molecule has 1 N–H and O–H groups in total. The number of ether oxygens (including phenoxy) is 2. The Kier molecular flexibility index (Phi) is 36.2. The summed E-state index contributed by atoms with van der Waals surface area (Å²) in [5, 5.41) is 9.54. The van der Waals surface area contributed by atoms with Gasteiger partial charge in [-0.15, -0.1) is 0 Å². The molecule has 0 bridgehead atoms. The van der Waals surface area contributed by atoms with Crippen LogP contribution in [0.4, 0.5) is 0 Å². The van der Waals surface area contributed by atoms with Crippen LogP contribution >= 0.6 is 0 Å². The number of rotatable bonds is 33. The average Bonchev–Trinajstić information content (AvgIpc) is 3.09. The lowest BCUT2D eigenvalue weighted by atomic mass is 10.1. The Bertz CT molecular complexity index is 937. The number of hydrogen-bond acceptors (Lipinski definition) is 5. The van der Waals surface area contributed by atoms with Gasteiger partial charge in [0, 0.05) is 12.8 Å². The van der Waals surface area contributed by atoms with Crippen LogP contribution in [-0.2, 0) is 19.1 Å². The highest BCUT2D eigenvalue weighted by Gasteiger charge is 2.16. The van der Waals surface area contributed by atoms with Crippen molar-refractivity contribution in [1.82, 2.24) is 0 Å². The Morgan fingerprint density at radius 2 is 0.896 bits per heavy atom. The van der Waals surface area contributed by atoms with Crippen LogP contribution in [0.2, 0.25) is 0 Å². The van der Waals surface area contributed by atoms with Gasteiger partial charge in [0.2, 0.25) is 0 Å². The van der Waals surface area contributed by atoms with E-state index in [0.29, 0.717) is 12.8 Å². The van der Waals surface area contributed by atoms with Crippen molar-refractivity contribution in [3.05, 3.63) is 85.1 Å². The fourth-order valence-corrected chi connectivity index (χ4v) is 4.78. The van der Waals surface area contributed by atoms with Crippen molar-refractivity contribution >= 4 is 11.9 Å². The van der Waals surface area contributed by atoms with E-state index >= 15 is 0 Å². The molecular formula is C43H70O5. The van der Waals surface area contributed by atoms with Gasteiger partial charge in [-0.25, -0.2) is 0 Å². The molecule has 0 aliphatic carbocycles. The molecule has 0 unspecified atom stereocenters. The van der Waals surface area contributed by atoms with Crippen LogP contribution in [0.1, 0.15) is 155 Å². The second-order valence-electron chi connectivity index (χ2n) is 12.3. The molecule has 0 amide bonds. The van der Waals surface area contributed by atoms with E-state index in [0.717, 1.165) is 103 Å². The highest BCUT2D eigenvalue weighted by atomic mass is 16.6. The van der Waals surface area contributed by atoms with E-state index in [9.17, 15) is 14.7 Å². The maximum atomic E-state index is 12.2. The normalized spacial score (nSPS) is 13.1. The van der Waals surface area contributed by atoms with Gasteiger partial charge in [-0.1, -0.05) is 137 Å². The number of esters is 2. The van der Waals surface area contributed by atoms with Gasteiger partial charge in [0.25, 0.3) is 0 Å². The fraction of sp³-hybridized carbons (Fsp3) is 0.628. The molecule has 0 saturated carbocycles. The topological polar surface area (TPSA) is 72.8 Å². The summed E-state index contributed by atoms with van der Waals surface area (Å²) in [6, 6.07) is 0. The second kappa shape index (κ2) is 38.5. The van der Waals surface area contributed by atoms with Gasteiger partial charge in [0.15, 0.2) is 6.10 Å². The first-order chi connectivity index (χ1) is 23.6. The van der Waals surface area contributed by atoms with Crippen molar-refractivity contribution in [3.8, 4) is 0 Å². The Balaban J connectivity index is 3.69.